The van der Waals surface area contributed by atoms with Crippen LogP contribution in [0, 0.1) is 11.6 Å². The quantitative estimate of drug-likeness (QED) is 0.594. The number of sulfonamides is 1. The number of hydrogen-bond acceptors (Lipinski definition) is 5. The standard InChI is InChI=1S/C20H23F2N3O5S/c1-4-25(5-2)31(28,29)16-8-6-7-14(11-16)20(27)24-23-19(26)13(3)30-15-9-10-17(21)18(22)12-15/h6-13H,4-5H2,1-3H3,(H,23,26)(H,24,27). The average Bonchev–Trinajstić information content (AvgIpc) is 2.75. The lowest BCUT2D eigenvalue weighted by Crippen LogP contribution is -2.47. The molecule has 2 aromatic carbocycles. The van der Waals surface area contributed by atoms with Crippen molar-refractivity contribution in [1.82, 2.24) is 15.2 Å². The minimum atomic E-state index is -3.75. The Hall–Kier alpha value is -3.05. The maximum Gasteiger partial charge on any atom is 0.279 e. The van der Waals surface area contributed by atoms with Crippen LogP contribution in [0.2, 0.25) is 0 Å². The number of amides is 2. The van der Waals surface area contributed by atoms with Crippen LogP contribution >= 0.6 is 0 Å². The highest BCUT2D eigenvalue weighted by molar-refractivity contribution is 7.89. The van der Waals surface area contributed by atoms with E-state index in [1.807, 2.05) is 0 Å². The van der Waals surface area contributed by atoms with E-state index in [-0.39, 0.29) is 29.3 Å². The summed E-state index contributed by atoms with van der Waals surface area (Å²) >= 11 is 0. The minimum absolute atomic E-state index is 0.0164. The summed E-state index contributed by atoms with van der Waals surface area (Å²) in [5.74, 6) is -3.75. The first kappa shape index (κ1) is 24.2. The molecule has 1 unspecified atom stereocenters. The van der Waals surface area contributed by atoms with Crippen LogP contribution in [-0.2, 0) is 14.8 Å². The molecule has 0 heterocycles. The van der Waals surface area contributed by atoms with Crippen LogP contribution in [0.5, 0.6) is 5.75 Å². The van der Waals surface area contributed by atoms with Crippen molar-refractivity contribution in [2.45, 2.75) is 31.8 Å². The number of ether oxygens (including phenoxy) is 1. The number of carbonyl (C=O) groups excluding carboxylic acids is 2. The second kappa shape index (κ2) is 10.3. The molecule has 2 rings (SSSR count). The number of halogens is 2. The normalized spacial score (nSPS) is 12.3. The first-order valence-corrected chi connectivity index (χ1v) is 10.9. The Labute approximate surface area is 179 Å². The van der Waals surface area contributed by atoms with Crippen LogP contribution in [0.4, 0.5) is 8.78 Å². The highest BCUT2D eigenvalue weighted by atomic mass is 32.2. The molecule has 168 valence electrons. The van der Waals surface area contributed by atoms with Gasteiger partial charge in [-0.15, -0.1) is 0 Å². The van der Waals surface area contributed by atoms with Gasteiger partial charge in [0.05, 0.1) is 4.90 Å². The molecule has 8 nitrogen and oxygen atoms in total. The number of rotatable bonds is 8. The number of hydrogen-bond donors (Lipinski definition) is 2. The van der Waals surface area contributed by atoms with Crippen molar-refractivity contribution >= 4 is 21.8 Å². The molecule has 0 bridgehead atoms. The van der Waals surface area contributed by atoms with Gasteiger partial charge in [-0.2, -0.15) is 4.31 Å². The summed E-state index contributed by atoms with van der Waals surface area (Å²) in [6.07, 6.45) is -1.14. The van der Waals surface area contributed by atoms with Crippen molar-refractivity contribution in [1.29, 1.82) is 0 Å². The zero-order valence-corrected chi connectivity index (χ0v) is 18.0. The zero-order chi connectivity index (χ0) is 23.2. The van der Waals surface area contributed by atoms with Crippen molar-refractivity contribution in [3.8, 4) is 5.75 Å². The second-order valence-electron chi connectivity index (χ2n) is 6.40. The topological polar surface area (TPSA) is 105 Å². The first-order valence-electron chi connectivity index (χ1n) is 9.42. The largest absolute Gasteiger partial charge is 0.481 e. The highest BCUT2D eigenvalue weighted by Crippen LogP contribution is 2.18. The van der Waals surface area contributed by atoms with Gasteiger partial charge in [-0.3, -0.25) is 20.4 Å². The van der Waals surface area contributed by atoms with Gasteiger partial charge in [0, 0.05) is 24.7 Å². The lowest BCUT2D eigenvalue weighted by atomic mass is 10.2. The third-order valence-electron chi connectivity index (χ3n) is 4.31. The van der Waals surface area contributed by atoms with Crippen molar-refractivity contribution in [2.24, 2.45) is 0 Å². The SMILES string of the molecule is CCN(CC)S(=O)(=O)c1cccc(C(=O)NNC(=O)C(C)Oc2ccc(F)c(F)c2)c1. The summed E-state index contributed by atoms with van der Waals surface area (Å²) in [5.41, 5.74) is 4.32. The van der Waals surface area contributed by atoms with Crippen molar-refractivity contribution in [3.05, 3.63) is 59.7 Å². The molecule has 0 saturated carbocycles. The van der Waals surface area contributed by atoms with Crippen LogP contribution in [0.15, 0.2) is 47.4 Å². The Kier molecular flexibility index (Phi) is 8.06. The predicted molar refractivity (Wildman–Crippen MR) is 109 cm³/mol. The summed E-state index contributed by atoms with van der Waals surface area (Å²) in [6.45, 7) is 5.32. The minimum Gasteiger partial charge on any atom is -0.481 e. The van der Waals surface area contributed by atoms with Crippen molar-refractivity contribution in [2.75, 3.05) is 13.1 Å². The van der Waals surface area contributed by atoms with Gasteiger partial charge < -0.3 is 4.74 Å². The number of benzene rings is 2. The molecule has 0 spiro atoms. The molecule has 31 heavy (non-hydrogen) atoms. The van der Waals surface area contributed by atoms with E-state index in [0.717, 1.165) is 18.2 Å². The molecule has 0 fully saturated rings. The fourth-order valence-electron chi connectivity index (χ4n) is 2.61. The average molecular weight is 455 g/mol. The fourth-order valence-corrected chi connectivity index (χ4v) is 4.11. The Morgan fingerprint density at radius 3 is 2.32 bits per heavy atom. The molecule has 0 aliphatic heterocycles. The summed E-state index contributed by atoms with van der Waals surface area (Å²) in [5, 5.41) is 0. The summed E-state index contributed by atoms with van der Waals surface area (Å²) in [6, 6.07) is 8.20. The van der Waals surface area contributed by atoms with Gasteiger partial charge in [0.15, 0.2) is 17.7 Å². The van der Waals surface area contributed by atoms with Crippen LogP contribution in [0.25, 0.3) is 0 Å². The molecule has 0 aromatic heterocycles. The second-order valence-corrected chi connectivity index (χ2v) is 8.33. The van der Waals surface area contributed by atoms with Gasteiger partial charge in [-0.1, -0.05) is 19.9 Å². The first-order chi connectivity index (χ1) is 14.6. The van der Waals surface area contributed by atoms with Crippen molar-refractivity contribution in [3.63, 3.8) is 0 Å². The van der Waals surface area contributed by atoms with E-state index < -0.39 is 39.6 Å². The summed E-state index contributed by atoms with van der Waals surface area (Å²) in [4.78, 5) is 24.4. The molecule has 2 amide bonds. The molecule has 0 saturated heterocycles. The lowest BCUT2D eigenvalue weighted by molar-refractivity contribution is -0.128. The Bertz CT molecular complexity index is 1060. The van der Waals surface area contributed by atoms with Gasteiger partial charge in [-0.05, 0) is 37.3 Å². The van der Waals surface area contributed by atoms with Gasteiger partial charge >= 0.3 is 0 Å². The third kappa shape index (κ3) is 5.98. The van der Waals surface area contributed by atoms with Gasteiger partial charge in [0.25, 0.3) is 11.8 Å². The van der Waals surface area contributed by atoms with Crippen LogP contribution in [-0.4, -0.2) is 43.7 Å². The smallest absolute Gasteiger partial charge is 0.279 e. The number of nitrogens with zero attached hydrogens (tertiary/aromatic N) is 1. The predicted octanol–water partition coefficient (Wildman–Crippen LogP) is 2.22. The Morgan fingerprint density at radius 1 is 1.03 bits per heavy atom. The van der Waals surface area contributed by atoms with Gasteiger partial charge in [0.1, 0.15) is 5.75 Å². The molecular formula is C20H23F2N3O5S. The van der Waals surface area contributed by atoms with Gasteiger partial charge in [-0.25, -0.2) is 17.2 Å². The van der Waals surface area contributed by atoms with Crippen molar-refractivity contribution < 1.29 is 31.5 Å². The maximum atomic E-state index is 13.2. The lowest BCUT2D eigenvalue weighted by Gasteiger charge is -2.19. The van der Waals surface area contributed by atoms with Crippen LogP contribution in [0.3, 0.4) is 0 Å². The van der Waals surface area contributed by atoms with Crippen LogP contribution < -0.4 is 15.6 Å². The van der Waals surface area contributed by atoms with E-state index in [2.05, 4.69) is 10.9 Å². The molecule has 11 heteroatoms. The van der Waals surface area contributed by atoms with E-state index in [0.29, 0.717) is 0 Å². The summed E-state index contributed by atoms with van der Waals surface area (Å²) < 4.78 is 57.8. The molecule has 2 aromatic rings. The summed E-state index contributed by atoms with van der Waals surface area (Å²) in [7, 11) is -3.75. The highest BCUT2D eigenvalue weighted by Gasteiger charge is 2.23. The van der Waals surface area contributed by atoms with Crippen LogP contribution in [0.1, 0.15) is 31.1 Å². The van der Waals surface area contributed by atoms with E-state index in [1.54, 1.807) is 13.8 Å². The molecule has 1 atom stereocenters. The van der Waals surface area contributed by atoms with E-state index in [4.69, 9.17) is 4.74 Å². The monoisotopic (exact) mass is 455 g/mol. The molecule has 0 aliphatic rings. The Morgan fingerprint density at radius 2 is 1.71 bits per heavy atom. The number of carbonyl (C=O) groups is 2. The van der Waals surface area contributed by atoms with Gasteiger partial charge in [0.2, 0.25) is 10.0 Å². The van der Waals surface area contributed by atoms with E-state index >= 15 is 0 Å². The van der Waals surface area contributed by atoms with E-state index in [9.17, 15) is 26.8 Å². The Balaban J connectivity index is 2.02. The molecule has 0 aliphatic carbocycles. The maximum absolute atomic E-state index is 13.2. The number of hydrazine groups is 1. The molecular weight excluding hydrogens is 432 g/mol. The number of nitrogens with one attached hydrogen (secondary N) is 2. The third-order valence-corrected chi connectivity index (χ3v) is 6.36. The molecule has 0 radical (unpaired) electrons. The zero-order valence-electron chi connectivity index (χ0n) is 17.2. The van der Waals surface area contributed by atoms with E-state index in [1.165, 1.54) is 35.5 Å². The fraction of sp³-hybridized carbons (Fsp3) is 0.300. The molecule has 2 N–H and O–H groups in total.